The summed E-state index contributed by atoms with van der Waals surface area (Å²) in [5.41, 5.74) is -0.323. The van der Waals surface area contributed by atoms with Crippen molar-refractivity contribution in [2.45, 2.75) is 38.5 Å². The van der Waals surface area contributed by atoms with Crippen LogP contribution in [0.15, 0.2) is 35.7 Å². The van der Waals surface area contributed by atoms with E-state index in [1.165, 1.54) is 6.07 Å². The van der Waals surface area contributed by atoms with E-state index < -0.39 is 26.8 Å². The Morgan fingerprint density at radius 3 is 2.64 bits per heavy atom. The van der Waals surface area contributed by atoms with E-state index in [2.05, 4.69) is 16.6 Å². The number of hydrogen-bond acceptors (Lipinski definition) is 4. The maximum Gasteiger partial charge on any atom is 0.266 e. The average Bonchev–Trinajstić information content (AvgIpc) is 3.14. The zero-order chi connectivity index (χ0) is 18.6. The standard InChI is InChI=1S/C18H22N2O4S/c1-5-12-10-18(12,17(2,3)4)16(22)20-25(23,24)13-8-6-7-11-9-14(21)19-15(11)13/h5-8,12H,1,9-10H2,2-4H3,(H,19,21)(H,20,22)/t12-,18-/m1/s1. The lowest BCUT2D eigenvalue weighted by Gasteiger charge is -2.30. The fourth-order valence-corrected chi connectivity index (χ4v) is 5.00. The van der Waals surface area contributed by atoms with Crippen LogP contribution in [-0.4, -0.2) is 20.2 Å². The van der Waals surface area contributed by atoms with E-state index in [1.807, 2.05) is 20.8 Å². The van der Waals surface area contributed by atoms with Crippen molar-refractivity contribution in [3.05, 3.63) is 36.4 Å². The lowest BCUT2D eigenvalue weighted by Crippen LogP contribution is -2.43. The summed E-state index contributed by atoms with van der Waals surface area (Å²) < 4.78 is 27.8. The van der Waals surface area contributed by atoms with Crippen molar-refractivity contribution in [2.75, 3.05) is 5.32 Å². The Labute approximate surface area is 147 Å². The van der Waals surface area contributed by atoms with Gasteiger partial charge in [0.25, 0.3) is 10.0 Å². The minimum absolute atomic E-state index is 0.0520. The molecule has 1 heterocycles. The first kappa shape index (κ1) is 17.7. The normalized spacial score (nSPS) is 25.1. The second kappa shape index (κ2) is 5.42. The van der Waals surface area contributed by atoms with Gasteiger partial charge in [-0.1, -0.05) is 39.0 Å². The maximum absolute atomic E-state index is 12.9. The second-order valence-electron chi connectivity index (χ2n) is 7.72. The summed E-state index contributed by atoms with van der Waals surface area (Å²) in [5, 5.41) is 2.56. The summed E-state index contributed by atoms with van der Waals surface area (Å²) in [7, 11) is -4.09. The number of rotatable bonds is 4. The Kier molecular flexibility index (Phi) is 3.83. The Morgan fingerprint density at radius 2 is 2.08 bits per heavy atom. The first-order valence-corrected chi connectivity index (χ1v) is 9.63. The molecule has 1 fully saturated rings. The zero-order valence-electron chi connectivity index (χ0n) is 14.5. The summed E-state index contributed by atoms with van der Waals surface area (Å²) in [4.78, 5) is 24.4. The number of carbonyl (C=O) groups excluding carboxylic acids is 2. The lowest BCUT2D eigenvalue weighted by molar-refractivity contribution is -0.128. The molecule has 1 aromatic carbocycles. The van der Waals surface area contributed by atoms with Gasteiger partial charge >= 0.3 is 0 Å². The van der Waals surface area contributed by atoms with Gasteiger partial charge in [0, 0.05) is 0 Å². The fraction of sp³-hybridized carbons (Fsp3) is 0.444. The van der Waals surface area contributed by atoms with E-state index in [-0.39, 0.29) is 28.8 Å². The molecule has 0 radical (unpaired) electrons. The predicted octanol–water partition coefficient (Wildman–Crippen LogP) is 2.22. The molecule has 25 heavy (non-hydrogen) atoms. The number of benzene rings is 1. The molecule has 2 N–H and O–H groups in total. The third-order valence-electron chi connectivity index (χ3n) is 5.29. The van der Waals surface area contributed by atoms with Crippen molar-refractivity contribution in [3.8, 4) is 0 Å². The van der Waals surface area contributed by atoms with Gasteiger partial charge in [0.15, 0.2) is 0 Å². The van der Waals surface area contributed by atoms with E-state index >= 15 is 0 Å². The van der Waals surface area contributed by atoms with Crippen LogP contribution in [0.5, 0.6) is 0 Å². The van der Waals surface area contributed by atoms with E-state index in [0.717, 1.165) is 0 Å². The molecule has 7 heteroatoms. The average molecular weight is 362 g/mol. The zero-order valence-corrected chi connectivity index (χ0v) is 15.4. The molecule has 1 aromatic rings. The number of nitrogens with one attached hydrogen (secondary N) is 2. The minimum Gasteiger partial charge on any atom is -0.324 e. The van der Waals surface area contributed by atoms with Gasteiger partial charge in [-0.05, 0) is 29.4 Å². The quantitative estimate of drug-likeness (QED) is 0.804. The van der Waals surface area contributed by atoms with Crippen molar-refractivity contribution >= 4 is 27.5 Å². The van der Waals surface area contributed by atoms with Crippen LogP contribution >= 0.6 is 0 Å². The van der Waals surface area contributed by atoms with Crippen molar-refractivity contribution in [1.29, 1.82) is 0 Å². The molecule has 134 valence electrons. The largest absolute Gasteiger partial charge is 0.324 e. The topological polar surface area (TPSA) is 92.3 Å². The van der Waals surface area contributed by atoms with Crippen molar-refractivity contribution in [2.24, 2.45) is 16.7 Å². The minimum atomic E-state index is -4.09. The number of anilines is 1. The monoisotopic (exact) mass is 362 g/mol. The smallest absolute Gasteiger partial charge is 0.266 e. The van der Waals surface area contributed by atoms with Gasteiger partial charge in [0.2, 0.25) is 11.8 Å². The lowest BCUT2D eigenvalue weighted by atomic mass is 9.75. The number of amides is 2. The maximum atomic E-state index is 12.9. The SMILES string of the molecule is C=C[C@@H]1C[C@@]1(C(=O)NS(=O)(=O)c1cccc2c1NC(=O)C2)C(C)(C)C. The van der Waals surface area contributed by atoms with Gasteiger partial charge in [0.1, 0.15) is 4.90 Å². The molecule has 0 aromatic heterocycles. The number of allylic oxidation sites excluding steroid dienone is 1. The predicted molar refractivity (Wildman–Crippen MR) is 94.3 cm³/mol. The van der Waals surface area contributed by atoms with Gasteiger partial charge in [0.05, 0.1) is 17.5 Å². The van der Waals surface area contributed by atoms with Gasteiger partial charge < -0.3 is 5.32 Å². The van der Waals surface area contributed by atoms with Crippen LogP contribution in [0.3, 0.4) is 0 Å². The summed E-state index contributed by atoms with van der Waals surface area (Å²) >= 11 is 0. The van der Waals surface area contributed by atoms with Gasteiger partial charge in [-0.25, -0.2) is 13.1 Å². The van der Waals surface area contributed by atoms with E-state index in [0.29, 0.717) is 12.0 Å². The molecule has 3 rings (SSSR count). The highest BCUT2D eigenvalue weighted by atomic mass is 32.2. The molecular formula is C18H22N2O4S. The van der Waals surface area contributed by atoms with Crippen LogP contribution in [0.1, 0.15) is 32.8 Å². The molecule has 1 aliphatic carbocycles. The number of fused-ring (bicyclic) bond motifs is 1. The van der Waals surface area contributed by atoms with Crippen LogP contribution in [0.4, 0.5) is 5.69 Å². The van der Waals surface area contributed by atoms with Crippen LogP contribution < -0.4 is 10.0 Å². The van der Waals surface area contributed by atoms with Gasteiger partial charge in [-0.3, -0.25) is 9.59 Å². The van der Waals surface area contributed by atoms with Crippen LogP contribution in [-0.2, 0) is 26.0 Å². The van der Waals surface area contributed by atoms with Crippen molar-refractivity contribution in [3.63, 3.8) is 0 Å². The fourth-order valence-electron chi connectivity index (χ4n) is 3.75. The molecule has 2 atom stereocenters. The summed E-state index contributed by atoms with van der Waals surface area (Å²) in [5.74, 6) is -0.834. The Balaban J connectivity index is 1.94. The number of para-hydroxylation sites is 1. The van der Waals surface area contributed by atoms with Gasteiger partial charge in [-0.2, -0.15) is 0 Å². The molecule has 0 bridgehead atoms. The first-order chi connectivity index (χ1) is 11.5. The highest BCUT2D eigenvalue weighted by Gasteiger charge is 2.65. The van der Waals surface area contributed by atoms with Crippen molar-refractivity contribution in [1.82, 2.24) is 4.72 Å². The Morgan fingerprint density at radius 1 is 1.40 bits per heavy atom. The van der Waals surface area contributed by atoms with Crippen molar-refractivity contribution < 1.29 is 18.0 Å². The summed E-state index contributed by atoms with van der Waals surface area (Å²) in [6.07, 6.45) is 2.42. The summed E-state index contributed by atoms with van der Waals surface area (Å²) in [6, 6.07) is 4.66. The molecule has 0 saturated heterocycles. The molecule has 2 amide bonds. The van der Waals surface area contributed by atoms with Gasteiger partial charge in [-0.15, -0.1) is 6.58 Å². The van der Waals surface area contributed by atoms with Crippen LogP contribution in [0.25, 0.3) is 0 Å². The molecular weight excluding hydrogens is 340 g/mol. The Hall–Kier alpha value is -2.15. The second-order valence-corrected chi connectivity index (χ2v) is 9.37. The molecule has 1 aliphatic heterocycles. The van der Waals surface area contributed by atoms with E-state index in [4.69, 9.17) is 0 Å². The summed E-state index contributed by atoms with van der Waals surface area (Å²) in [6.45, 7) is 9.51. The highest BCUT2D eigenvalue weighted by molar-refractivity contribution is 7.90. The van der Waals surface area contributed by atoms with E-state index in [1.54, 1.807) is 18.2 Å². The molecule has 1 saturated carbocycles. The molecule has 0 unspecified atom stereocenters. The molecule has 2 aliphatic rings. The molecule has 6 nitrogen and oxygen atoms in total. The third kappa shape index (κ3) is 2.66. The van der Waals surface area contributed by atoms with Crippen LogP contribution in [0.2, 0.25) is 0 Å². The molecule has 0 spiro atoms. The number of sulfonamides is 1. The first-order valence-electron chi connectivity index (χ1n) is 8.14. The van der Waals surface area contributed by atoms with Crippen LogP contribution in [0, 0.1) is 16.7 Å². The number of carbonyl (C=O) groups is 2. The highest BCUT2D eigenvalue weighted by Crippen LogP contribution is 2.64. The number of hydrogen-bond donors (Lipinski definition) is 2. The van der Waals surface area contributed by atoms with E-state index in [9.17, 15) is 18.0 Å². The third-order valence-corrected chi connectivity index (χ3v) is 6.66. The Bertz CT molecular complexity index is 883.